The van der Waals surface area contributed by atoms with E-state index in [-0.39, 0.29) is 5.82 Å². The van der Waals surface area contributed by atoms with E-state index in [4.69, 9.17) is 11.0 Å². The molecule has 0 aliphatic heterocycles. The van der Waals surface area contributed by atoms with Crippen molar-refractivity contribution in [2.45, 2.75) is 6.92 Å². The minimum absolute atomic E-state index is 0.337. The van der Waals surface area contributed by atoms with Crippen LogP contribution in [-0.4, -0.2) is 0 Å². The lowest BCUT2D eigenvalue weighted by molar-refractivity contribution is 0.621. The normalized spacial score (nSPS) is 11.9. The van der Waals surface area contributed by atoms with Crippen LogP contribution >= 0.6 is 15.9 Å². The first-order valence-electron chi connectivity index (χ1n) is 3.88. The van der Waals surface area contributed by atoms with Gasteiger partial charge in [-0.1, -0.05) is 0 Å². The van der Waals surface area contributed by atoms with E-state index in [0.29, 0.717) is 21.3 Å². The summed E-state index contributed by atoms with van der Waals surface area (Å²) < 4.78 is 13.2. The highest BCUT2D eigenvalue weighted by Crippen LogP contribution is 2.21. The molecule has 0 saturated heterocycles. The molecule has 0 fully saturated rings. The third kappa shape index (κ3) is 2.12. The topological polar surface area (TPSA) is 49.8 Å². The van der Waals surface area contributed by atoms with Crippen molar-refractivity contribution in [1.29, 1.82) is 5.26 Å². The van der Waals surface area contributed by atoms with Crippen LogP contribution < -0.4 is 5.73 Å². The van der Waals surface area contributed by atoms with Crippen molar-refractivity contribution >= 4 is 21.6 Å². The molecule has 14 heavy (non-hydrogen) atoms. The van der Waals surface area contributed by atoms with E-state index >= 15 is 0 Å². The molecule has 0 spiro atoms. The van der Waals surface area contributed by atoms with Crippen molar-refractivity contribution in [2.24, 2.45) is 5.73 Å². The number of benzene rings is 1. The highest BCUT2D eigenvalue weighted by molar-refractivity contribution is 9.10. The number of nitrogens with zero attached hydrogens (tertiary/aromatic N) is 1. The Morgan fingerprint density at radius 3 is 2.71 bits per heavy atom. The zero-order chi connectivity index (χ0) is 10.7. The van der Waals surface area contributed by atoms with Gasteiger partial charge in [0.25, 0.3) is 0 Å². The fraction of sp³-hybridized carbons (Fsp3) is 0.100. The summed E-state index contributed by atoms with van der Waals surface area (Å²) in [6.45, 7) is 1.62. The molecule has 0 atom stereocenters. The first-order valence-corrected chi connectivity index (χ1v) is 4.67. The molecule has 2 N–H and O–H groups in total. The fourth-order valence-corrected chi connectivity index (χ4v) is 1.32. The molecule has 0 radical (unpaired) electrons. The predicted octanol–water partition coefficient (Wildman–Crippen LogP) is 2.80. The Labute approximate surface area is 90.0 Å². The molecule has 1 aromatic rings. The van der Waals surface area contributed by atoms with E-state index < -0.39 is 0 Å². The van der Waals surface area contributed by atoms with Crippen LogP contribution in [0.25, 0.3) is 5.70 Å². The van der Waals surface area contributed by atoms with Gasteiger partial charge in [-0.25, -0.2) is 4.39 Å². The maximum absolute atomic E-state index is 12.9. The van der Waals surface area contributed by atoms with E-state index in [0.717, 1.165) is 0 Å². The molecule has 2 nitrogen and oxygen atoms in total. The molecule has 1 aromatic carbocycles. The number of halogens is 2. The zero-order valence-corrected chi connectivity index (χ0v) is 9.10. The maximum Gasteiger partial charge on any atom is 0.137 e. The Morgan fingerprint density at radius 2 is 2.21 bits per heavy atom. The van der Waals surface area contributed by atoms with Gasteiger partial charge in [0.2, 0.25) is 0 Å². The second kappa shape index (κ2) is 4.25. The first-order chi connectivity index (χ1) is 6.56. The van der Waals surface area contributed by atoms with E-state index in [1.807, 2.05) is 6.07 Å². The lowest BCUT2D eigenvalue weighted by atomic mass is 10.1. The molecule has 1 rings (SSSR count). The van der Waals surface area contributed by atoms with Gasteiger partial charge >= 0.3 is 0 Å². The lowest BCUT2D eigenvalue weighted by Crippen LogP contribution is -1.99. The summed E-state index contributed by atoms with van der Waals surface area (Å²) in [6.07, 6.45) is 0. The smallest absolute Gasteiger partial charge is 0.137 e. The summed E-state index contributed by atoms with van der Waals surface area (Å²) in [7, 11) is 0. The molecule has 0 heterocycles. The van der Waals surface area contributed by atoms with Crippen LogP contribution in [0.3, 0.4) is 0 Å². The number of allylic oxidation sites excluding steroid dienone is 1. The van der Waals surface area contributed by atoms with Gasteiger partial charge in [0, 0.05) is 5.57 Å². The quantitative estimate of drug-likeness (QED) is 0.784. The standard InChI is InChI=1S/C10H8BrFN2/c1-6(5-13)10(14)7-2-3-9(12)8(11)4-7/h2-4H,14H2,1H3/b10-6-. The average molecular weight is 255 g/mol. The molecule has 0 unspecified atom stereocenters. The molecule has 0 aliphatic rings. The Balaban J connectivity index is 3.24. The molecular formula is C10H8BrFN2. The highest BCUT2D eigenvalue weighted by Gasteiger charge is 2.04. The Kier molecular flexibility index (Phi) is 3.26. The largest absolute Gasteiger partial charge is 0.397 e. The van der Waals surface area contributed by atoms with Crippen LogP contribution in [0.2, 0.25) is 0 Å². The SMILES string of the molecule is C/C(C#N)=C(/N)c1ccc(F)c(Br)c1. The van der Waals surface area contributed by atoms with Gasteiger partial charge in [-0.05, 0) is 46.6 Å². The fourth-order valence-electron chi connectivity index (χ4n) is 0.940. The summed E-state index contributed by atoms with van der Waals surface area (Å²) >= 11 is 3.05. The number of nitriles is 1. The monoisotopic (exact) mass is 254 g/mol. The highest BCUT2D eigenvalue weighted by atomic mass is 79.9. The van der Waals surface area contributed by atoms with E-state index in [1.165, 1.54) is 12.1 Å². The van der Waals surface area contributed by atoms with E-state index in [1.54, 1.807) is 13.0 Å². The average Bonchev–Trinajstić information content (AvgIpc) is 2.20. The number of nitrogens with two attached hydrogens (primary N) is 1. The van der Waals surface area contributed by atoms with Gasteiger partial charge in [-0.3, -0.25) is 0 Å². The molecule has 0 aromatic heterocycles. The molecule has 0 saturated carbocycles. The summed E-state index contributed by atoms with van der Waals surface area (Å²) in [5, 5.41) is 8.62. The summed E-state index contributed by atoms with van der Waals surface area (Å²) in [6, 6.07) is 6.33. The lowest BCUT2D eigenvalue weighted by Gasteiger charge is -2.03. The minimum atomic E-state index is -0.351. The number of hydrogen-bond acceptors (Lipinski definition) is 2. The molecule has 0 amide bonds. The molecule has 0 aliphatic carbocycles. The van der Waals surface area contributed by atoms with Crippen LogP contribution in [-0.2, 0) is 0 Å². The van der Waals surface area contributed by atoms with Gasteiger partial charge in [-0.15, -0.1) is 0 Å². The van der Waals surface area contributed by atoms with Gasteiger partial charge in [0.05, 0.1) is 16.2 Å². The minimum Gasteiger partial charge on any atom is -0.397 e. The second-order valence-electron chi connectivity index (χ2n) is 2.78. The van der Waals surface area contributed by atoms with Crippen LogP contribution in [0.4, 0.5) is 4.39 Å². The third-order valence-electron chi connectivity index (χ3n) is 1.80. The maximum atomic E-state index is 12.9. The van der Waals surface area contributed by atoms with Crippen LogP contribution in [0.15, 0.2) is 28.2 Å². The van der Waals surface area contributed by atoms with Crippen molar-refractivity contribution in [3.05, 3.63) is 39.6 Å². The Hall–Kier alpha value is -1.34. The summed E-state index contributed by atoms with van der Waals surface area (Å²) in [5.41, 5.74) is 7.11. The summed E-state index contributed by atoms with van der Waals surface area (Å²) in [4.78, 5) is 0. The van der Waals surface area contributed by atoms with Crippen molar-refractivity contribution in [3.8, 4) is 6.07 Å². The van der Waals surface area contributed by atoms with Gasteiger partial charge in [-0.2, -0.15) is 5.26 Å². The van der Waals surface area contributed by atoms with Gasteiger partial charge < -0.3 is 5.73 Å². The van der Waals surface area contributed by atoms with Gasteiger partial charge in [0.1, 0.15) is 5.82 Å². The van der Waals surface area contributed by atoms with Crippen molar-refractivity contribution in [2.75, 3.05) is 0 Å². The van der Waals surface area contributed by atoms with Crippen molar-refractivity contribution in [3.63, 3.8) is 0 Å². The van der Waals surface area contributed by atoms with Crippen molar-refractivity contribution in [1.82, 2.24) is 0 Å². The summed E-state index contributed by atoms with van der Waals surface area (Å²) in [5.74, 6) is -0.351. The Bertz CT molecular complexity index is 432. The second-order valence-corrected chi connectivity index (χ2v) is 3.63. The molecule has 4 heteroatoms. The van der Waals surface area contributed by atoms with E-state index in [2.05, 4.69) is 15.9 Å². The first kappa shape index (κ1) is 10.7. The predicted molar refractivity (Wildman–Crippen MR) is 56.5 cm³/mol. The molecule has 0 bridgehead atoms. The molecular weight excluding hydrogens is 247 g/mol. The number of hydrogen-bond donors (Lipinski definition) is 1. The number of rotatable bonds is 1. The van der Waals surface area contributed by atoms with Crippen LogP contribution in [0, 0.1) is 17.1 Å². The van der Waals surface area contributed by atoms with Crippen LogP contribution in [0.1, 0.15) is 12.5 Å². The third-order valence-corrected chi connectivity index (χ3v) is 2.41. The Morgan fingerprint density at radius 1 is 1.57 bits per heavy atom. The zero-order valence-electron chi connectivity index (χ0n) is 7.51. The van der Waals surface area contributed by atoms with Crippen LogP contribution in [0.5, 0.6) is 0 Å². The molecule has 72 valence electrons. The van der Waals surface area contributed by atoms with E-state index in [9.17, 15) is 4.39 Å². The van der Waals surface area contributed by atoms with Gasteiger partial charge in [0.15, 0.2) is 0 Å². The van der Waals surface area contributed by atoms with Crippen molar-refractivity contribution < 1.29 is 4.39 Å².